The molecule has 5 saturated carbocycles. The largest absolute Gasteiger partial charge is 0.471 e. The number of guanidine groups is 1. The topological polar surface area (TPSA) is 137 Å². The standard InChI is InChI=1S/C52H73N3O5/c1-49(41-16-14-37(26-41)31-54-48(53)55-32-39(15-13-35-8-4-3-5-9-35)43-12-6-10-40-33-59-34-45(40)43)30-44-38(20-25-56)28-51(47-50(2,60-47)22-19-46(44)49)23-17-36(27-51)18-24-52(58)21-7-11-42(57)29-52/h3-6,8-10,12,20,33-34,36-37,39,41-42,44,46-47,56-58H,7,11,13-19,21-32H2,1-2H3,(H3,53,54,55)/t36-,37+,39+,41+,42+,44-,46+,47-,49-,50-,51+,52-/m1/s1. The van der Waals surface area contributed by atoms with E-state index in [1.807, 2.05) is 12.5 Å². The van der Waals surface area contributed by atoms with E-state index in [4.69, 9.17) is 19.9 Å². The van der Waals surface area contributed by atoms with E-state index < -0.39 is 5.60 Å². The molecule has 12 atom stereocenters. The van der Waals surface area contributed by atoms with Crippen LogP contribution < -0.4 is 11.1 Å². The quantitative estimate of drug-likeness (QED) is 0.0502. The molecule has 8 heteroatoms. The maximum Gasteiger partial charge on any atom is 0.188 e. The van der Waals surface area contributed by atoms with Crippen LogP contribution in [0, 0.1) is 40.4 Å². The molecule has 0 unspecified atom stereocenters. The van der Waals surface area contributed by atoms with E-state index in [-0.39, 0.29) is 35.7 Å². The summed E-state index contributed by atoms with van der Waals surface area (Å²) >= 11 is 0. The van der Waals surface area contributed by atoms with Crippen LogP contribution in [-0.4, -0.2) is 64.4 Å². The lowest BCUT2D eigenvalue weighted by Crippen LogP contribution is -2.51. The summed E-state index contributed by atoms with van der Waals surface area (Å²) < 4.78 is 12.4. The van der Waals surface area contributed by atoms with Gasteiger partial charge in [-0.3, -0.25) is 4.99 Å². The van der Waals surface area contributed by atoms with Gasteiger partial charge in [0.2, 0.25) is 0 Å². The molecule has 6 fully saturated rings. The highest BCUT2D eigenvalue weighted by atomic mass is 16.6. The van der Waals surface area contributed by atoms with Crippen molar-refractivity contribution in [2.24, 2.45) is 51.1 Å². The first-order valence-corrected chi connectivity index (χ1v) is 23.9. The summed E-state index contributed by atoms with van der Waals surface area (Å²) in [5.41, 5.74) is 10.4. The minimum absolute atomic E-state index is 0.0547. The minimum atomic E-state index is -0.707. The summed E-state index contributed by atoms with van der Waals surface area (Å²) in [6.45, 7) is 6.59. The lowest BCUT2D eigenvalue weighted by atomic mass is 9.46. The molecule has 0 radical (unpaired) electrons. The zero-order valence-electron chi connectivity index (χ0n) is 36.5. The number of fused-ring (bicyclic) bond motifs is 4. The van der Waals surface area contributed by atoms with E-state index in [0.717, 1.165) is 81.5 Å². The van der Waals surface area contributed by atoms with Crippen molar-refractivity contribution in [1.29, 1.82) is 0 Å². The Hall–Kier alpha value is -3.17. The number of nitrogens with one attached hydrogen (secondary N) is 1. The van der Waals surface area contributed by atoms with Crippen molar-refractivity contribution in [1.82, 2.24) is 5.32 Å². The molecule has 6 N–H and O–H groups in total. The highest BCUT2D eigenvalue weighted by molar-refractivity contribution is 5.85. The number of rotatable bonds is 13. The predicted octanol–water partition coefficient (Wildman–Crippen LogP) is 9.60. The van der Waals surface area contributed by atoms with Gasteiger partial charge < -0.3 is 35.5 Å². The third-order valence-corrected chi connectivity index (χ3v) is 17.5. The summed E-state index contributed by atoms with van der Waals surface area (Å²) in [4.78, 5) is 4.95. The average Bonchev–Trinajstić information content (AvgIpc) is 3.69. The molecule has 1 aromatic heterocycles. The van der Waals surface area contributed by atoms with Gasteiger partial charge in [0.25, 0.3) is 0 Å². The molecule has 0 bridgehead atoms. The number of ether oxygens (including phenoxy) is 1. The molecule has 1 spiro atoms. The third kappa shape index (κ3) is 8.61. The van der Waals surface area contributed by atoms with Crippen LogP contribution in [0.3, 0.4) is 0 Å². The second kappa shape index (κ2) is 17.2. The highest BCUT2D eigenvalue weighted by Crippen LogP contribution is 2.69. The Kier molecular flexibility index (Phi) is 12.1. The van der Waals surface area contributed by atoms with Gasteiger partial charge in [0, 0.05) is 41.6 Å². The zero-order valence-corrected chi connectivity index (χ0v) is 36.5. The normalized spacial score (nSPS) is 39.1. The van der Waals surface area contributed by atoms with E-state index in [2.05, 4.69) is 73.8 Å². The van der Waals surface area contributed by atoms with Gasteiger partial charge in [-0.2, -0.15) is 0 Å². The molecule has 5 aliphatic carbocycles. The third-order valence-electron chi connectivity index (χ3n) is 17.5. The number of aliphatic imine (C=N–C) groups is 1. The Morgan fingerprint density at radius 1 is 0.967 bits per heavy atom. The minimum Gasteiger partial charge on any atom is -0.471 e. The molecule has 3 aromatic rings. The van der Waals surface area contributed by atoms with Crippen LogP contribution in [0.4, 0.5) is 0 Å². The van der Waals surface area contributed by atoms with Gasteiger partial charge in [-0.05, 0) is 162 Å². The van der Waals surface area contributed by atoms with E-state index in [0.29, 0.717) is 53.9 Å². The maximum atomic E-state index is 11.3. The molecule has 2 aromatic carbocycles. The summed E-state index contributed by atoms with van der Waals surface area (Å²) in [7, 11) is 0. The van der Waals surface area contributed by atoms with Gasteiger partial charge in [0.05, 0.1) is 42.5 Å². The summed E-state index contributed by atoms with van der Waals surface area (Å²) in [5, 5.41) is 37.9. The highest BCUT2D eigenvalue weighted by Gasteiger charge is 2.67. The number of furan rings is 1. The Morgan fingerprint density at radius 3 is 2.67 bits per heavy atom. The molecule has 1 saturated heterocycles. The number of aliphatic hydroxyl groups excluding tert-OH is 2. The lowest BCUT2D eigenvalue weighted by Gasteiger charge is -2.58. The van der Waals surface area contributed by atoms with E-state index >= 15 is 0 Å². The number of hydrogen-bond donors (Lipinski definition) is 5. The molecule has 60 heavy (non-hydrogen) atoms. The van der Waals surface area contributed by atoms with Gasteiger partial charge >= 0.3 is 0 Å². The summed E-state index contributed by atoms with van der Waals surface area (Å²) in [6.07, 6.45) is 24.5. The molecule has 2 heterocycles. The van der Waals surface area contributed by atoms with Gasteiger partial charge in [-0.1, -0.05) is 67.1 Å². The first-order chi connectivity index (χ1) is 29.0. The second-order valence-electron chi connectivity index (χ2n) is 21.3. The van der Waals surface area contributed by atoms with Crippen molar-refractivity contribution < 1.29 is 24.5 Å². The number of allylic oxidation sites excluding steroid dienone is 1. The second-order valence-corrected chi connectivity index (χ2v) is 21.3. The lowest BCUT2D eigenvalue weighted by molar-refractivity contribution is -0.0698. The molecular weight excluding hydrogens is 747 g/mol. The van der Waals surface area contributed by atoms with Crippen molar-refractivity contribution >= 4 is 16.7 Å². The Balaban J connectivity index is 0.815. The number of nitrogens with zero attached hydrogens (tertiary/aromatic N) is 1. The van der Waals surface area contributed by atoms with Crippen LogP contribution in [0.25, 0.3) is 10.8 Å². The van der Waals surface area contributed by atoms with Crippen LogP contribution in [-0.2, 0) is 11.2 Å². The molecule has 8 nitrogen and oxygen atoms in total. The van der Waals surface area contributed by atoms with Crippen molar-refractivity contribution in [2.75, 3.05) is 19.7 Å². The van der Waals surface area contributed by atoms with Crippen LogP contribution >= 0.6 is 0 Å². The Morgan fingerprint density at radius 2 is 1.83 bits per heavy atom. The van der Waals surface area contributed by atoms with Gasteiger partial charge in [-0.15, -0.1) is 0 Å². The van der Waals surface area contributed by atoms with Crippen molar-refractivity contribution in [3.05, 3.63) is 83.8 Å². The molecule has 326 valence electrons. The number of hydrogen-bond acceptors (Lipinski definition) is 6. The van der Waals surface area contributed by atoms with Crippen molar-refractivity contribution in [3.8, 4) is 0 Å². The number of epoxide rings is 1. The van der Waals surface area contributed by atoms with Crippen molar-refractivity contribution in [3.63, 3.8) is 0 Å². The fraction of sp³-hybridized carbons (Fsp3) is 0.673. The fourth-order valence-electron chi connectivity index (χ4n) is 14.1. The molecule has 1 aliphatic heterocycles. The van der Waals surface area contributed by atoms with E-state index in [1.165, 1.54) is 61.6 Å². The molecule has 0 amide bonds. The molecular formula is C52H73N3O5. The number of nitrogens with two attached hydrogens (primary N) is 1. The number of aryl methyl sites for hydroxylation is 1. The monoisotopic (exact) mass is 820 g/mol. The number of benzene rings is 2. The van der Waals surface area contributed by atoms with Crippen molar-refractivity contribution in [2.45, 2.75) is 159 Å². The Labute approximate surface area is 358 Å². The average molecular weight is 820 g/mol. The predicted molar refractivity (Wildman–Crippen MR) is 239 cm³/mol. The van der Waals surface area contributed by atoms with E-state index in [1.54, 1.807) is 0 Å². The SMILES string of the molecule is C[C@]1([C@H]2CC[C@H](CNC(N)=NC[C@H](CCc3ccccc3)c3cccc4cocc34)C2)C[C@@H]2C(=CCO)C[C@@]3(CC[C@H](CC[C@]4(O)CCC[C@H](O)C4)C3)[C@@H]3O[C@]3(C)CC[C@@H]21. The van der Waals surface area contributed by atoms with Crippen LogP contribution in [0.2, 0.25) is 0 Å². The van der Waals surface area contributed by atoms with Gasteiger partial charge in [0.15, 0.2) is 5.96 Å². The molecule has 9 rings (SSSR count). The first-order valence-electron chi connectivity index (χ1n) is 23.9. The van der Waals surface area contributed by atoms with Crippen LogP contribution in [0.1, 0.15) is 140 Å². The van der Waals surface area contributed by atoms with Crippen LogP contribution in [0.15, 0.2) is 82.1 Å². The summed E-state index contributed by atoms with van der Waals surface area (Å²) in [5.74, 6) is 3.80. The van der Waals surface area contributed by atoms with Gasteiger partial charge in [0.1, 0.15) is 0 Å². The first kappa shape index (κ1) is 42.1. The smallest absolute Gasteiger partial charge is 0.188 e. The zero-order chi connectivity index (χ0) is 41.5. The fourth-order valence-corrected chi connectivity index (χ4v) is 14.1. The molecule has 6 aliphatic rings. The number of aliphatic hydroxyl groups is 3. The van der Waals surface area contributed by atoms with E-state index in [9.17, 15) is 15.3 Å². The summed E-state index contributed by atoms with van der Waals surface area (Å²) in [6, 6.07) is 17.2. The maximum absolute atomic E-state index is 11.3. The van der Waals surface area contributed by atoms with Crippen LogP contribution in [0.5, 0.6) is 0 Å². The van der Waals surface area contributed by atoms with Gasteiger partial charge in [-0.25, -0.2) is 0 Å². The Bertz CT molecular complexity index is 2000.